The molecule has 0 aliphatic carbocycles. The average molecular weight is 470 g/mol. The average Bonchev–Trinajstić information content (AvgIpc) is 2.43. The molecule has 20 heteroatoms. The van der Waals surface area contributed by atoms with Crippen molar-refractivity contribution < 1.29 is 88.8 Å². The van der Waals surface area contributed by atoms with Gasteiger partial charge in [-0.05, 0) is 4.53 Å². The Labute approximate surface area is 138 Å². The van der Waals surface area contributed by atoms with Gasteiger partial charge in [-0.1, -0.05) is 0 Å². The highest BCUT2D eigenvalue weighted by molar-refractivity contribution is 5.05. The standard InChI is InChI=1S/C8F18O2/c9-1(10,2(11,12)5(16,17)18)3(13,14)7(22,23)27-4(15,6(19,20)21)8(24,25)28-26. The second kappa shape index (κ2) is 6.59. The van der Waals surface area contributed by atoms with Crippen LogP contribution in [0.25, 0.3) is 0 Å². The molecule has 0 spiro atoms. The molecular formula is C8F18O2. The van der Waals surface area contributed by atoms with E-state index in [0.29, 0.717) is 0 Å². The molecule has 0 heterocycles. The number of ether oxygens (including phenoxy) is 1. The van der Waals surface area contributed by atoms with Gasteiger partial charge < -0.3 is 0 Å². The third kappa shape index (κ3) is 3.63. The summed E-state index contributed by atoms with van der Waals surface area (Å²) in [5.41, 5.74) is 0. The van der Waals surface area contributed by atoms with Crippen LogP contribution in [0.15, 0.2) is 0 Å². The van der Waals surface area contributed by atoms with E-state index < -0.39 is 48.2 Å². The summed E-state index contributed by atoms with van der Waals surface area (Å²) in [6, 6.07) is 0. The fourth-order valence-corrected chi connectivity index (χ4v) is 1.13. The largest absolute Gasteiger partial charge is 0.460 e. The highest BCUT2D eigenvalue weighted by Gasteiger charge is 2.90. The van der Waals surface area contributed by atoms with Gasteiger partial charge in [0.1, 0.15) is 0 Å². The maximum atomic E-state index is 13.1. The zero-order valence-electron chi connectivity index (χ0n) is 11.6. The summed E-state index contributed by atoms with van der Waals surface area (Å²) in [5, 5.41) is 0. The van der Waals surface area contributed by atoms with E-state index in [1.807, 2.05) is 0 Å². The molecule has 0 saturated heterocycles. The molecule has 0 radical (unpaired) electrons. The molecule has 2 nitrogen and oxygen atoms in total. The van der Waals surface area contributed by atoms with Gasteiger partial charge in [0.25, 0.3) is 0 Å². The van der Waals surface area contributed by atoms with Gasteiger partial charge in [0.05, 0.1) is 0 Å². The van der Waals surface area contributed by atoms with E-state index in [4.69, 9.17) is 0 Å². The first-order chi connectivity index (χ1) is 11.8. The van der Waals surface area contributed by atoms with Crippen LogP contribution in [0.2, 0.25) is 0 Å². The Morgan fingerprint density at radius 3 is 1.00 bits per heavy atom. The third-order valence-electron chi connectivity index (χ3n) is 2.61. The van der Waals surface area contributed by atoms with Crippen LogP contribution >= 0.6 is 0 Å². The van der Waals surface area contributed by atoms with Gasteiger partial charge in [-0.3, -0.25) is 4.74 Å². The van der Waals surface area contributed by atoms with Crippen LogP contribution in [-0.4, -0.2) is 48.2 Å². The van der Waals surface area contributed by atoms with Crippen molar-refractivity contribution in [3.63, 3.8) is 0 Å². The highest BCUT2D eigenvalue weighted by atomic mass is 19.4. The quantitative estimate of drug-likeness (QED) is 0.439. The molecule has 0 rings (SSSR count). The normalized spacial score (nSPS) is 18.2. The fraction of sp³-hybridized carbons (Fsp3) is 1.00. The zero-order chi connectivity index (χ0) is 23.4. The number of hydrogen-bond acceptors (Lipinski definition) is 2. The Bertz CT molecular complexity index is 559. The van der Waals surface area contributed by atoms with Crippen LogP contribution in [0.5, 0.6) is 0 Å². The second-order valence-corrected chi connectivity index (χ2v) is 4.53. The molecule has 0 aromatic rings. The smallest absolute Gasteiger partial charge is 0.262 e. The van der Waals surface area contributed by atoms with Crippen molar-refractivity contribution in [2.24, 2.45) is 0 Å². The first-order valence-electron chi connectivity index (χ1n) is 5.48. The SMILES string of the molecule is FOC(F)(F)C(F)(OC(F)(F)C(F)(F)C(F)(F)C(F)(F)C(F)(F)F)C(F)(F)F. The predicted octanol–water partition coefficient (Wildman–Crippen LogP) is 5.79. The lowest BCUT2D eigenvalue weighted by Crippen LogP contribution is -2.70. The Kier molecular flexibility index (Phi) is 6.27. The Morgan fingerprint density at radius 2 is 0.750 bits per heavy atom. The van der Waals surface area contributed by atoms with E-state index in [1.165, 1.54) is 0 Å². The molecule has 1 atom stereocenters. The van der Waals surface area contributed by atoms with E-state index in [2.05, 4.69) is 0 Å². The molecular weight excluding hydrogens is 470 g/mol. The van der Waals surface area contributed by atoms with Crippen molar-refractivity contribution in [1.82, 2.24) is 0 Å². The van der Waals surface area contributed by atoms with Gasteiger partial charge in [-0.25, -0.2) is 0 Å². The molecule has 0 aliphatic rings. The summed E-state index contributed by atoms with van der Waals surface area (Å²) in [6.07, 6.45) is -31.0. The van der Waals surface area contributed by atoms with Crippen molar-refractivity contribution >= 4 is 0 Å². The van der Waals surface area contributed by atoms with Crippen molar-refractivity contribution in [3.05, 3.63) is 0 Å². The molecule has 0 amide bonds. The monoisotopic (exact) mass is 470 g/mol. The van der Waals surface area contributed by atoms with Crippen LogP contribution in [0.3, 0.4) is 0 Å². The van der Waals surface area contributed by atoms with E-state index in [0.717, 1.165) is 9.68 Å². The summed E-state index contributed by atoms with van der Waals surface area (Å²) in [4.78, 5) is 0.948. The molecule has 28 heavy (non-hydrogen) atoms. The fourth-order valence-electron chi connectivity index (χ4n) is 1.13. The molecule has 0 fully saturated rings. The van der Waals surface area contributed by atoms with Gasteiger partial charge in [-0.15, -0.1) is 4.94 Å². The summed E-state index contributed by atoms with van der Waals surface area (Å²) >= 11 is 0. The van der Waals surface area contributed by atoms with Crippen LogP contribution < -0.4 is 0 Å². The number of halogens is 18. The topological polar surface area (TPSA) is 18.5 Å². The molecule has 0 aliphatic heterocycles. The first-order valence-corrected chi connectivity index (χ1v) is 5.48. The van der Waals surface area contributed by atoms with Gasteiger partial charge in [-0.2, -0.15) is 74.6 Å². The van der Waals surface area contributed by atoms with E-state index >= 15 is 0 Å². The summed E-state index contributed by atoms with van der Waals surface area (Å²) in [5.74, 6) is -32.7. The zero-order valence-corrected chi connectivity index (χ0v) is 11.6. The number of rotatable bonds is 7. The van der Waals surface area contributed by atoms with Gasteiger partial charge in [0, 0.05) is 0 Å². The van der Waals surface area contributed by atoms with Crippen LogP contribution in [0, 0.1) is 0 Å². The van der Waals surface area contributed by atoms with Crippen LogP contribution in [-0.2, 0) is 9.68 Å². The Hall–Kier alpha value is -1.34. The molecule has 1 unspecified atom stereocenters. The number of alkyl halides is 17. The van der Waals surface area contributed by atoms with E-state index in [-0.39, 0.29) is 0 Å². The second-order valence-electron chi connectivity index (χ2n) is 4.53. The van der Waals surface area contributed by atoms with Crippen LogP contribution in [0.4, 0.5) is 79.2 Å². The minimum Gasteiger partial charge on any atom is -0.262 e. The van der Waals surface area contributed by atoms with Gasteiger partial charge in [0.2, 0.25) is 0 Å². The maximum absolute atomic E-state index is 13.1. The van der Waals surface area contributed by atoms with Crippen molar-refractivity contribution in [3.8, 4) is 0 Å². The maximum Gasteiger partial charge on any atom is 0.460 e. The van der Waals surface area contributed by atoms with E-state index in [9.17, 15) is 79.2 Å². The minimum absolute atomic E-state index is 0.948. The van der Waals surface area contributed by atoms with Crippen molar-refractivity contribution in [1.29, 1.82) is 0 Å². The lowest BCUT2D eigenvalue weighted by molar-refractivity contribution is -0.553. The number of hydrogen-bond donors (Lipinski definition) is 0. The van der Waals surface area contributed by atoms with Gasteiger partial charge >= 0.3 is 48.2 Å². The van der Waals surface area contributed by atoms with Crippen LogP contribution in [0.1, 0.15) is 0 Å². The lowest BCUT2D eigenvalue weighted by atomic mass is 10.0. The highest BCUT2D eigenvalue weighted by Crippen LogP contribution is 2.60. The van der Waals surface area contributed by atoms with Gasteiger partial charge in [0.15, 0.2) is 0 Å². The lowest BCUT2D eigenvalue weighted by Gasteiger charge is -2.40. The Morgan fingerprint density at radius 1 is 0.393 bits per heavy atom. The minimum atomic E-state index is -8.44. The molecule has 0 N–H and O–H groups in total. The summed E-state index contributed by atoms with van der Waals surface area (Å²) in [7, 11) is 0. The summed E-state index contributed by atoms with van der Waals surface area (Å²) in [6.45, 7) is 0. The third-order valence-corrected chi connectivity index (χ3v) is 2.61. The Balaban J connectivity index is 6.51. The van der Waals surface area contributed by atoms with Crippen molar-refractivity contribution in [2.45, 2.75) is 48.2 Å². The predicted molar refractivity (Wildman–Crippen MR) is 44.0 cm³/mol. The molecule has 0 saturated carbocycles. The summed E-state index contributed by atoms with van der Waals surface area (Å²) < 4.78 is 224. The molecule has 0 aromatic heterocycles. The first kappa shape index (κ1) is 26.7. The molecule has 0 aromatic carbocycles. The molecule has 0 bridgehead atoms. The molecule has 170 valence electrons. The van der Waals surface area contributed by atoms with Crippen molar-refractivity contribution in [2.75, 3.05) is 0 Å². The van der Waals surface area contributed by atoms with E-state index in [1.54, 1.807) is 0 Å².